The van der Waals surface area contributed by atoms with Crippen LogP contribution in [0.4, 0.5) is 10.1 Å². The summed E-state index contributed by atoms with van der Waals surface area (Å²) in [4.78, 5) is 0. The Labute approximate surface area is 214 Å². The van der Waals surface area contributed by atoms with Gasteiger partial charge in [0.15, 0.2) is 11.5 Å². The van der Waals surface area contributed by atoms with Crippen molar-refractivity contribution in [3.63, 3.8) is 0 Å². The van der Waals surface area contributed by atoms with Crippen LogP contribution in [0.25, 0.3) is 0 Å². The summed E-state index contributed by atoms with van der Waals surface area (Å²) in [7, 11) is 1.62. The van der Waals surface area contributed by atoms with E-state index >= 15 is 0 Å². The van der Waals surface area contributed by atoms with Crippen molar-refractivity contribution in [3.8, 4) is 11.5 Å². The highest BCUT2D eigenvalue weighted by molar-refractivity contribution is 9.10. The maximum absolute atomic E-state index is 14.9. The second-order valence-electron chi connectivity index (χ2n) is 8.24. The Kier molecular flexibility index (Phi) is 6.43. The van der Waals surface area contributed by atoms with Crippen LogP contribution >= 0.6 is 43.5 Å². The van der Waals surface area contributed by atoms with Gasteiger partial charge in [0.1, 0.15) is 12.4 Å². The molecule has 0 amide bonds. The Balaban J connectivity index is 1.48. The van der Waals surface area contributed by atoms with E-state index in [4.69, 9.17) is 21.1 Å². The highest BCUT2D eigenvalue weighted by atomic mass is 79.9. The van der Waals surface area contributed by atoms with Crippen molar-refractivity contribution in [2.45, 2.75) is 25.0 Å². The van der Waals surface area contributed by atoms with Gasteiger partial charge in [0.2, 0.25) is 0 Å². The van der Waals surface area contributed by atoms with E-state index in [9.17, 15) is 4.39 Å². The van der Waals surface area contributed by atoms with Crippen LogP contribution in [0.2, 0.25) is 5.02 Å². The molecule has 1 N–H and O–H groups in total. The van der Waals surface area contributed by atoms with Crippen molar-refractivity contribution in [1.29, 1.82) is 0 Å². The molecule has 0 bridgehead atoms. The van der Waals surface area contributed by atoms with Gasteiger partial charge in [-0.1, -0.05) is 57.9 Å². The lowest BCUT2D eigenvalue weighted by Crippen LogP contribution is -2.29. The molecule has 0 saturated heterocycles. The van der Waals surface area contributed by atoms with E-state index in [0.29, 0.717) is 28.8 Å². The number of nitrogens with one attached hydrogen (secondary N) is 1. The van der Waals surface area contributed by atoms with Crippen LogP contribution < -0.4 is 14.8 Å². The monoisotopic (exact) mass is 591 g/mol. The first kappa shape index (κ1) is 22.8. The Morgan fingerprint density at radius 3 is 2.76 bits per heavy atom. The van der Waals surface area contributed by atoms with Gasteiger partial charge in [-0.3, -0.25) is 0 Å². The van der Waals surface area contributed by atoms with Crippen molar-refractivity contribution >= 4 is 49.1 Å². The van der Waals surface area contributed by atoms with E-state index in [0.717, 1.165) is 32.1 Å². The number of halogens is 4. The number of ether oxygens (including phenoxy) is 2. The molecule has 3 nitrogen and oxygen atoms in total. The topological polar surface area (TPSA) is 30.5 Å². The average molecular weight is 594 g/mol. The number of anilines is 1. The molecule has 2 aliphatic rings. The summed E-state index contributed by atoms with van der Waals surface area (Å²) in [5.74, 6) is 1.39. The van der Waals surface area contributed by atoms with Crippen molar-refractivity contribution in [2.24, 2.45) is 5.92 Å². The van der Waals surface area contributed by atoms with Gasteiger partial charge in [0.25, 0.3) is 0 Å². The quantitative estimate of drug-likeness (QED) is 0.301. The first-order valence-corrected chi connectivity index (χ1v) is 12.6. The minimum atomic E-state index is -0.256. The van der Waals surface area contributed by atoms with Crippen molar-refractivity contribution < 1.29 is 13.9 Å². The van der Waals surface area contributed by atoms with Crippen molar-refractivity contribution in [3.05, 3.63) is 97.2 Å². The van der Waals surface area contributed by atoms with Gasteiger partial charge in [-0.25, -0.2) is 4.39 Å². The fraction of sp³-hybridized carbons (Fsp3) is 0.231. The second kappa shape index (κ2) is 9.32. The average Bonchev–Trinajstić information content (AvgIpc) is 3.29. The highest BCUT2D eigenvalue weighted by Gasteiger charge is 2.39. The van der Waals surface area contributed by atoms with E-state index in [1.54, 1.807) is 7.11 Å². The van der Waals surface area contributed by atoms with E-state index < -0.39 is 0 Å². The number of benzene rings is 3. The molecule has 7 heteroatoms. The molecule has 33 heavy (non-hydrogen) atoms. The maximum atomic E-state index is 14.9. The third kappa shape index (κ3) is 4.29. The lowest BCUT2D eigenvalue weighted by atomic mass is 9.77. The van der Waals surface area contributed by atoms with E-state index in [2.05, 4.69) is 49.3 Å². The van der Waals surface area contributed by atoms with E-state index in [1.807, 2.05) is 42.5 Å². The molecule has 0 fully saturated rings. The maximum Gasteiger partial charge on any atom is 0.175 e. The summed E-state index contributed by atoms with van der Waals surface area (Å²) in [6, 6.07) is 15.0. The summed E-state index contributed by atoms with van der Waals surface area (Å²) in [6.45, 7) is 0.317. The van der Waals surface area contributed by atoms with Crippen LogP contribution in [0.1, 0.15) is 35.1 Å². The standard InChI is InChI=1S/C26H21Br2ClFNO2/c1-32-23-10-15(9-20(28)26(23)33-13-14-5-2-3-8-21(14)29)24-18-7-4-6-17(18)19-11-16(27)12-22(30)25(19)31-24/h2-6,8-12,17-18,24,31H,7,13H2,1H3/t17-,18+,24+/m1/s1. The molecule has 0 unspecified atom stereocenters. The first-order chi connectivity index (χ1) is 16.0. The zero-order valence-corrected chi connectivity index (χ0v) is 21.7. The fourth-order valence-corrected chi connectivity index (χ4v) is 5.99. The SMILES string of the molecule is COc1cc([C@@H]2Nc3c(F)cc(Br)cc3[C@@H]3C=CC[C@@H]32)cc(Br)c1OCc1ccccc1Cl. The molecule has 1 aliphatic carbocycles. The van der Waals surface area contributed by atoms with Crippen molar-refractivity contribution in [1.82, 2.24) is 0 Å². The second-order valence-corrected chi connectivity index (χ2v) is 10.4. The smallest absolute Gasteiger partial charge is 0.175 e. The van der Waals surface area contributed by atoms with Gasteiger partial charge in [0.05, 0.1) is 23.3 Å². The van der Waals surface area contributed by atoms with Crippen LogP contribution in [0.5, 0.6) is 11.5 Å². The summed E-state index contributed by atoms with van der Waals surface area (Å²) >= 11 is 13.4. The van der Waals surface area contributed by atoms with E-state index in [-0.39, 0.29) is 23.7 Å². The minimum absolute atomic E-state index is 0.0732. The van der Waals surface area contributed by atoms with Gasteiger partial charge in [-0.15, -0.1) is 0 Å². The molecule has 1 heterocycles. The lowest BCUT2D eigenvalue weighted by Gasteiger charge is -2.38. The molecule has 3 aromatic rings. The molecule has 0 aromatic heterocycles. The molecule has 0 spiro atoms. The molecule has 3 aromatic carbocycles. The molecular weight excluding hydrogens is 573 g/mol. The van der Waals surface area contributed by atoms with Gasteiger partial charge in [0, 0.05) is 21.0 Å². The van der Waals surface area contributed by atoms with Crippen LogP contribution in [0.15, 0.2) is 69.6 Å². The Hall–Kier alpha value is -2.02. The molecular formula is C26H21Br2ClFNO2. The predicted octanol–water partition coefficient (Wildman–Crippen LogP) is 8.42. The predicted molar refractivity (Wildman–Crippen MR) is 137 cm³/mol. The zero-order chi connectivity index (χ0) is 23.1. The fourth-order valence-electron chi connectivity index (χ4n) is 4.78. The first-order valence-electron chi connectivity index (χ1n) is 10.6. The number of fused-ring (bicyclic) bond motifs is 3. The van der Waals surface area contributed by atoms with Gasteiger partial charge in [-0.05, 0) is 69.7 Å². The number of hydrogen-bond donors (Lipinski definition) is 1. The van der Waals surface area contributed by atoms with Crippen LogP contribution in [-0.4, -0.2) is 7.11 Å². The third-order valence-electron chi connectivity index (χ3n) is 6.33. The molecule has 1 aliphatic heterocycles. The molecule has 0 saturated carbocycles. The number of methoxy groups -OCH3 is 1. The Morgan fingerprint density at radius 2 is 1.97 bits per heavy atom. The normalized spacial score (nSPS) is 20.7. The Morgan fingerprint density at radius 1 is 1.15 bits per heavy atom. The lowest BCUT2D eigenvalue weighted by molar-refractivity contribution is 0.282. The van der Waals surface area contributed by atoms with Crippen LogP contribution in [0.3, 0.4) is 0 Å². The number of hydrogen-bond acceptors (Lipinski definition) is 3. The summed E-state index contributed by atoms with van der Waals surface area (Å²) < 4.78 is 28.2. The molecule has 3 atom stereocenters. The number of allylic oxidation sites excluding steroid dienone is 2. The highest BCUT2D eigenvalue weighted by Crippen LogP contribution is 2.52. The van der Waals surface area contributed by atoms with Crippen molar-refractivity contribution in [2.75, 3.05) is 12.4 Å². The van der Waals surface area contributed by atoms with Crippen LogP contribution in [0, 0.1) is 11.7 Å². The summed E-state index contributed by atoms with van der Waals surface area (Å²) in [5.41, 5.74) is 3.45. The van der Waals surface area contributed by atoms with Gasteiger partial charge in [-0.2, -0.15) is 0 Å². The number of rotatable bonds is 5. The Bertz CT molecular complexity index is 1250. The third-order valence-corrected chi connectivity index (χ3v) is 7.74. The van der Waals surface area contributed by atoms with Crippen LogP contribution in [-0.2, 0) is 6.61 Å². The largest absolute Gasteiger partial charge is 0.493 e. The minimum Gasteiger partial charge on any atom is -0.493 e. The molecule has 5 rings (SSSR count). The summed E-state index contributed by atoms with van der Waals surface area (Å²) in [6.07, 6.45) is 5.29. The van der Waals surface area contributed by atoms with E-state index in [1.165, 1.54) is 6.07 Å². The molecule has 0 radical (unpaired) electrons. The van der Waals surface area contributed by atoms with Gasteiger partial charge < -0.3 is 14.8 Å². The van der Waals surface area contributed by atoms with Gasteiger partial charge >= 0.3 is 0 Å². The summed E-state index contributed by atoms with van der Waals surface area (Å²) in [5, 5.41) is 4.13. The zero-order valence-electron chi connectivity index (χ0n) is 17.7. The molecule has 170 valence electrons.